The van der Waals surface area contributed by atoms with Crippen molar-refractivity contribution in [3.05, 3.63) is 46.8 Å². The first-order chi connectivity index (χ1) is 14.1. The van der Waals surface area contributed by atoms with Crippen molar-refractivity contribution < 1.29 is 13.7 Å². The topological polar surface area (TPSA) is 84.9 Å². The van der Waals surface area contributed by atoms with Crippen LogP contribution < -0.4 is 4.74 Å². The van der Waals surface area contributed by atoms with E-state index in [0.717, 1.165) is 39.2 Å². The van der Waals surface area contributed by atoms with Gasteiger partial charge >= 0.3 is 0 Å². The lowest BCUT2D eigenvalue weighted by Gasteiger charge is -2.21. The van der Waals surface area contributed by atoms with E-state index in [1.54, 1.807) is 6.20 Å². The fourth-order valence-electron chi connectivity index (χ4n) is 4.41. The van der Waals surface area contributed by atoms with Gasteiger partial charge in [0, 0.05) is 22.6 Å². The van der Waals surface area contributed by atoms with Gasteiger partial charge in [-0.1, -0.05) is 0 Å². The number of nitrogens with zero attached hydrogens (tertiary/aromatic N) is 2. The summed E-state index contributed by atoms with van der Waals surface area (Å²) in [5, 5.41) is 0.415. The lowest BCUT2D eigenvalue weighted by molar-refractivity contribution is -0.126. The molecule has 1 atom stereocenters. The number of aromatic nitrogens is 3. The molecule has 0 radical (unpaired) electrons. The third-order valence-electron chi connectivity index (χ3n) is 6.12. The summed E-state index contributed by atoms with van der Waals surface area (Å²) in [5.41, 5.74) is 4.03. The second-order valence-electron chi connectivity index (χ2n) is 8.84. The number of imidazole rings is 1. The number of rotatable bonds is 5. The molecule has 0 saturated heterocycles. The minimum atomic E-state index is -1.38. The summed E-state index contributed by atoms with van der Waals surface area (Å²) >= 11 is 0. The smallest absolute Gasteiger partial charge is 0.197 e. The standard InChI is InChI=1S/C23H27N3O3S/c1-7-29-19-8-9-24-18(13(19)2)12-30(28)21-25-16-10-14-15(11-17(16)26-21)23(5,6)20(27)22(14,3)4/h8-11H,7,12H2,1-6H3,(H,25,26). The fraction of sp³-hybridized carbons (Fsp3) is 0.435. The summed E-state index contributed by atoms with van der Waals surface area (Å²) in [6, 6.07) is 5.77. The number of fused-ring (bicyclic) bond motifs is 2. The van der Waals surface area contributed by atoms with Crippen LogP contribution in [0.15, 0.2) is 29.6 Å². The Balaban J connectivity index is 1.70. The first-order valence-electron chi connectivity index (χ1n) is 10.1. The molecule has 0 aliphatic heterocycles. The fourth-order valence-corrected chi connectivity index (χ4v) is 5.51. The maximum Gasteiger partial charge on any atom is 0.197 e. The van der Waals surface area contributed by atoms with Crippen LogP contribution in [0, 0.1) is 6.92 Å². The molecule has 0 bridgehead atoms. The monoisotopic (exact) mass is 425 g/mol. The van der Waals surface area contributed by atoms with Gasteiger partial charge in [-0.05, 0) is 70.9 Å². The SMILES string of the molecule is CCOc1ccnc(CS(=O)c2nc3cc4c(cc3[nH]2)C(C)(C)C(=O)C4(C)C)c1C. The first kappa shape index (κ1) is 20.7. The van der Waals surface area contributed by atoms with Crippen LogP contribution in [0.25, 0.3) is 11.0 Å². The lowest BCUT2D eigenvalue weighted by Crippen LogP contribution is -2.33. The molecule has 30 heavy (non-hydrogen) atoms. The molecule has 158 valence electrons. The average molecular weight is 426 g/mol. The molecule has 1 aromatic carbocycles. The number of carbonyl (C=O) groups is 1. The van der Waals surface area contributed by atoms with Crippen LogP contribution in [0.1, 0.15) is 57.0 Å². The summed E-state index contributed by atoms with van der Waals surface area (Å²) in [6.07, 6.45) is 1.68. The predicted octanol–water partition coefficient (Wildman–Crippen LogP) is 4.11. The summed E-state index contributed by atoms with van der Waals surface area (Å²) in [4.78, 5) is 25.1. The van der Waals surface area contributed by atoms with E-state index in [2.05, 4.69) is 15.0 Å². The highest BCUT2D eigenvalue weighted by Crippen LogP contribution is 2.47. The van der Waals surface area contributed by atoms with Gasteiger partial charge in [0.15, 0.2) is 10.9 Å². The maximum atomic E-state index is 13.0. The molecule has 1 aliphatic rings. The molecule has 4 rings (SSSR count). The number of Topliss-reactive ketones (excluding diaryl/α,β-unsaturated/α-hetero) is 1. The van der Waals surface area contributed by atoms with Crippen molar-refractivity contribution in [3.63, 3.8) is 0 Å². The second kappa shape index (κ2) is 7.01. The Morgan fingerprint density at radius 2 is 1.80 bits per heavy atom. The maximum absolute atomic E-state index is 13.0. The summed E-state index contributed by atoms with van der Waals surface area (Å²) in [5.74, 6) is 1.22. The zero-order valence-electron chi connectivity index (χ0n) is 18.3. The minimum Gasteiger partial charge on any atom is -0.493 e. The Labute approximate surface area is 178 Å². The highest BCUT2D eigenvalue weighted by atomic mass is 32.2. The zero-order valence-corrected chi connectivity index (χ0v) is 19.1. The molecule has 0 spiro atoms. The molecule has 1 unspecified atom stereocenters. The minimum absolute atomic E-state index is 0.206. The normalized spacial score (nSPS) is 17.9. The van der Waals surface area contributed by atoms with E-state index in [1.165, 1.54) is 0 Å². The number of aromatic amines is 1. The molecule has 2 heterocycles. The third-order valence-corrected chi connectivity index (χ3v) is 7.28. The van der Waals surface area contributed by atoms with Gasteiger partial charge in [-0.15, -0.1) is 0 Å². The van der Waals surface area contributed by atoms with Gasteiger partial charge in [0.1, 0.15) is 5.75 Å². The Kier molecular flexibility index (Phi) is 4.84. The molecule has 3 aromatic rings. The van der Waals surface area contributed by atoms with Crippen molar-refractivity contribution >= 4 is 27.6 Å². The highest BCUT2D eigenvalue weighted by Gasteiger charge is 2.50. The lowest BCUT2D eigenvalue weighted by atomic mass is 9.80. The van der Waals surface area contributed by atoms with Crippen LogP contribution in [0.2, 0.25) is 0 Å². The molecule has 0 amide bonds. The number of benzene rings is 1. The number of ketones is 1. The molecule has 0 saturated carbocycles. The Hall–Kier alpha value is -2.54. The number of pyridine rings is 1. The molecule has 1 aliphatic carbocycles. The van der Waals surface area contributed by atoms with Crippen LogP contribution in [0.3, 0.4) is 0 Å². The number of carbonyl (C=O) groups excluding carboxylic acids is 1. The zero-order chi connectivity index (χ0) is 21.8. The highest BCUT2D eigenvalue weighted by molar-refractivity contribution is 7.84. The van der Waals surface area contributed by atoms with E-state index in [-0.39, 0.29) is 11.5 Å². The second-order valence-corrected chi connectivity index (χ2v) is 10.2. The van der Waals surface area contributed by atoms with Gasteiger partial charge < -0.3 is 9.72 Å². The molecular formula is C23H27N3O3S. The van der Waals surface area contributed by atoms with E-state index < -0.39 is 21.6 Å². The molecule has 2 aromatic heterocycles. The van der Waals surface area contributed by atoms with Crippen molar-refractivity contribution in [2.75, 3.05) is 6.61 Å². The van der Waals surface area contributed by atoms with Gasteiger partial charge in [-0.3, -0.25) is 14.0 Å². The molecule has 6 nitrogen and oxygen atoms in total. The number of hydrogen-bond acceptors (Lipinski definition) is 5. The van der Waals surface area contributed by atoms with Gasteiger partial charge in [-0.25, -0.2) is 4.98 Å². The quantitative estimate of drug-likeness (QED) is 0.665. The summed E-state index contributed by atoms with van der Waals surface area (Å²) in [7, 11) is -1.38. The largest absolute Gasteiger partial charge is 0.493 e. The summed E-state index contributed by atoms with van der Waals surface area (Å²) in [6.45, 7) is 12.3. The van der Waals surface area contributed by atoms with Crippen molar-refractivity contribution in [3.8, 4) is 5.75 Å². The van der Waals surface area contributed by atoms with E-state index in [1.807, 2.05) is 59.7 Å². The van der Waals surface area contributed by atoms with E-state index in [0.29, 0.717) is 11.8 Å². The third kappa shape index (κ3) is 3.07. The number of H-pyrrole nitrogens is 1. The number of hydrogen-bond donors (Lipinski definition) is 1. The van der Waals surface area contributed by atoms with Gasteiger partial charge in [-0.2, -0.15) is 0 Å². The van der Waals surface area contributed by atoms with Crippen molar-refractivity contribution in [2.45, 2.75) is 63.3 Å². The van der Waals surface area contributed by atoms with Crippen LogP contribution in [-0.2, 0) is 32.2 Å². The summed E-state index contributed by atoms with van der Waals surface area (Å²) < 4.78 is 18.7. The van der Waals surface area contributed by atoms with Crippen LogP contribution in [0.4, 0.5) is 0 Å². The van der Waals surface area contributed by atoms with Gasteiger partial charge in [0.2, 0.25) is 0 Å². The van der Waals surface area contributed by atoms with Gasteiger partial charge in [0.05, 0.1) is 39.9 Å². The number of ether oxygens (including phenoxy) is 1. The van der Waals surface area contributed by atoms with Gasteiger partial charge in [0.25, 0.3) is 0 Å². The van der Waals surface area contributed by atoms with Crippen molar-refractivity contribution in [1.29, 1.82) is 0 Å². The Morgan fingerprint density at radius 3 is 2.47 bits per heavy atom. The van der Waals surface area contributed by atoms with Crippen LogP contribution in [-0.4, -0.2) is 31.6 Å². The molecule has 7 heteroatoms. The molecule has 1 N–H and O–H groups in total. The number of nitrogens with one attached hydrogen (secondary N) is 1. The average Bonchev–Trinajstić information content (AvgIpc) is 3.17. The Bertz CT molecular complexity index is 1140. The molecular weight excluding hydrogens is 398 g/mol. The van der Waals surface area contributed by atoms with E-state index in [4.69, 9.17) is 4.74 Å². The van der Waals surface area contributed by atoms with Crippen molar-refractivity contribution in [1.82, 2.24) is 15.0 Å². The van der Waals surface area contributed by atoms with E-state index in [9.17, 15) is 9.00 Å². The predicted molar refractivity (Wildman–Crippen MR) is 117 cm³/mol. The van der Waals surface area contributed by atoms with Crippen molar-refractivity contribution in [2.24, 2.45) is 0 Å². The van der Waals surface area contributed by atoms with Crippen LogP contribution >= 0.6 is 0 Å². The Morgan fingerprint density at radius 1 is 1.13 bits per heavy atom. The van der Waals surface area contributed by atoms with Crippen LogP contribution in [0.5, 0.6) is 5.75 Å². The molecule has 0 fully saturated rings. The van der Waals surface area contributed by atoms with E-state index >= 15 is 0 Å². The first-order valence-corrected chi connectivity index (χ1v) is 11.4.